The molecule has 1 fully saturated rings. The minimum absolute atomic E-state index is 0.0956. The third-order valence-corrected chi connectivity index (χ3v) is 3.95. The van der Waals surface area contributed by atoms with E-state index < -0.39 is 6.10 Å². The number of aromatic nitrogens is 2. The van der Waals surface area contributed by atoms with Crippen LogP contribution in [-0.2, 0) is 9.53 Å². The normalized spacial score (nSPS) is 19.1. The largest absolute Gasteiger partial charge is 0.389 e. The molecule has 0 aromatic carbocycles. The van der Waals surface area contributed by atoms with E-state index in [9.17, 15) is 9.90 Å². The lowest BCUT2D eigenvalue weighted by molar-refractivity contribution is -0.136. The van der Waals surface area contributed by atoms with E-state index >= 15 is 0 Å². The number of carbonyl (C=O) groups excluding carboxylic acids is 1. The summed E-state index contributed by atoms with van der Waals surface area (Å²) < 4.78 is 6.90. The number of rotatable bonds is 7. The van der Waals surface area contributed by atoms with Crippen molar-refractivity contribution in [3.05, 3.63) is 18.5 Å². The first-order valence-electron chi connectivity index (χ1n) is 7.88. The van der Waals surface area contributed by atoms with Crippen molar-refractivity contribution < 1.29 is 14.6 Å². The van der Waals surface area contributed by atoms with Crippen molar-refractivity contribution in [2.45, 2.75) is 26.0 Å². The lowest BCUT2D eigenvalue weighted by Gasteiger charge is -2.36. The number of hydrogen-bond donors (Lipinski definition) is 1. The molecule has 124 valence electrons. The van der Waals surface area contributed by atoms with E-state index in [-0.39, 0.29) is 11.9 Å². The van der Waals surface area contributed by atoms with Gasteiger partial charge in [-0.1, -0.05) is 0 Å². The van der Waals surface area contributed by atoms with Gasteiger partial charge in [-0.2, -0.15) is 5.10 Å². The van der Waals surface area contributed by atoms with Crippen LogP contribution in [0.5, 0.6) is 0 Å². The Bertz CT molecular complexity index is 444. The SMILES string of the molecule is CCOC[C@@H](O)CN1CCN(C(=O)[C@@H](C)n2cccn2)CC1. The zero-order chi connectivity index (χ0) is 15.9. The van der Waals surface area contributed by atoms with Crippen LogP contribution in [0.15, 0.2) is 18.5 Å². The van der Waals surface area contributed by atoms with E-state index in [0.717, 1.165) is 13.1 Å². The van der Waals surface area contributed by atoms with Crippen molar-refractivity contribution >= 4 is 5.91 Å². The molecule has 7 nitrogen and oxygen atoms in total. The molecule has 0 saturated carbocycles. The van der Waals surface area contributed by atoms with E-state index in [4.69, 9.17) is 4.74 Å². The van der Waals surface area contributed by atoms with Gasteiger partial charge in [0.2, 0.25) is 5.91 Å². The smallest absolute Gasteiger partial charge is 0.247 e. The Morgan fingerprint density at radius 3 is 2.68 bits per heavy atom. The molecule has 1 aliphatic heterocycles. The summed E-state index contributed by atoms with van der Waals surface area (Å²) in [5, 5.41) is 14.0. The summed E-state index contributed by atoms with van der Waals surface area (Å²) in [6.45, 7) is 8.29. The number of nitrogens with zero attached hydrogens (tertiary/aromatic N) is 4. The molecule has 0 bridgehead atoms. The van der Waals surface area contributed by atoms with E-state index in [0.29, 0.717) is 32.8 Å². The predicted octanol–water partition coefficient (Wildman–Crippen LogP) is -0.0143. The van der Waals surface area contributed by atoms with Crippen LogP contribution in [-0.4, -0.2) is 82.6 Å². The first-order valence-corrected chi connectivity index (χ1v) is 7.88. The van der Waals surface area contributed by atoms with Crippen molar-refractivity contribution in [2.24, 2.45) is 0 Å². The number of carbonyl (C=O) groups is 1. The highest BCUT2D eigenvalue weighted by Crippen LogP contribution is 2.11. The van der Waals surface area contributed by atoms with Gasteiger partial charge in [0.15, 0.2) is 0 Å². The van der Waals surface area contributed by atoms with Crippen molar-refractivity contribution in [1.29, 1.82) is 0 Å². The molecule has 1 aliphatic rings. The summed E-state index contributed by atoms with van der Waals surface area (Å²) in [7, 11) is 0. The van der Waals surface area contributed by atoms with Crippen LogP contribution in [0.25, 0.3) is 0 Å². The number of hydrogen-bond acceptors (Lipinski definition) is 5. The molecular formula is C15H26N4O3. The molecule has 2 rings (SSSR count). The van der Waals surface area contributed by atoms with Gasteiger partial charge < -0.3 is 14.7 Å². The van der Waals surface area contributed by atoms with Crippen LogP contribution in [0.1, 0.15) is 19.9 Å². The highest BCUT2D eigenvalue weighted by Gasteiger charge is 2.26. The fourth-order valence-electron chi connectivity index (χ4n) is 2.64. The fraction of sp³-hybridized carbons (Fsp3) is 0.733. The van der Waals surface area contributed by atoms with Crippen LogP contribution >= 0.6 is 0 Å². The zero-order valence-corrected chi connectivity index (χ0v) is 13.4. The quantitative estimate of drug-likeness (QED) is 0.767. The first kappa shape index (κ1) is 16.9. The predicted molar refractivity (Wildman–Crippen MR) is 82.5 cm³/mol. The maximum absolute atomic E-state index is 12.4. The molecule has 0 aliphatic carbocycles. The molecule has 2 heterocycles. The molecule has 1 N–H and O–H groups in total. The minimum Gasteiger partial charge on any atom is -0.389 e. The van der Waals surface area contributed by atoms with Crippen molar-refractivity contribution in [2.75, 3.05) is 45.9 Å². The van der Waals surface area contributed by atoms with Gasteiger partial charge in [-0.25, -0.2) is 0 Å². The molecule has 1 saturated heterocycles. The number of piperazine rings is 1. The third kappa shape index (κ3) is 4.53. The van der Waals surface area contributed by atoms with Crippen molar-refractivity contribution in [3.8, 4) is 0 Å². The molecule has 1 aromatic heterocycles. The maximum Gasteiger partial charge on any atom is 0.247 e. The Balaban J connectivity index is 1.76. The molecule has 0 radical (unpaired) electrons. The molecule has 22 heavy (non-hydrogen) atoms. The summed E-state index contributed by atoms with van der Waals surface area (Å²) in [5.41, 5.74) is 0. The van der Waals surface area contributed by atoms with Gasteiger partial charge in [0, 0.05) is 51.7 Å². The standard InChI is InChI=1S/C15H26N4O3/c1-3-22-12-14(20)11-17-7-9-18(10-8-17)15(21)13(2)19-6-4-5-16-19/h4-6,13-14,20H,3,7-12H2,1-2H3/t13-,14+/m1/s1. The number of ether oxygens (including phenoxy) is 1. The molecule has 1 aromatic rings. The summed E-state index contributed by atoms with van der Waals surface area (Å²) in [6, 6.07) is 1.55. The average Bonchev–Trinajstić information content (AvgIpc) is 3.06. The summed E-state index contributed by atoms with van der Waals surface area (Å²) in [4.78, 5) is 16.5. The van der Waals surface area contributed by atoms with E-state index in [1.807, 2.05) is 31.0 Å². The monoisotopic (exact) mass is 310 g/mol. The lowest BCUT2D eigenvalue weighted by atomic mass is 10.2. The van der Waals surface area contributed by atoms with Crippen LogP contribution in [0.3, 0.4) is 0 Å². The van der Waals surface area contributed by atoms with Gasteiger partial charge in [0.25, 0.3) is 0 Å². The molecular weight excluding hydrogens is 284 g/mol. The van der Waals surface area contributed by atoms with E-state index in [1.165, 1.54) is 0 Å². The van der Waals surface area contributed by atoms with Crippen LogP contribution in [0.2, 0.25) is 0 Å². The van der Waals surface area contributed by atoms with Gasteiger partial charge in [0.1, 0.15) is 6.04 Å². The Morgan fingerprint density at radius 2 is 2.09 bits per heavy atom. The average molecular weight is 310 g/mol. The Labute approximate surface area is 131 Å². The second-order valence-electron chi connectivity index (χ2n) is 5.60. The Kier molecular flexibility index (Phi) is 6.35. The molecule has 0 spiro atoms. The van der Waals surface area contributed by atoms with E-state index in [1.54, 1.807) is 10.9 Å². The van der Waals surface area contributed by atoms with Gasteiger partial charge >= 0.3 is 0 Å². The van der Waals surface area contributed by atoms with Crippen LogP contribution in [0.4, 0.5) is 0 Å². The summed E-state index contributed by atoms with van der Waals surface area (Å²) in [6.07, 6.45) is 3.02. The molecule has 0 unspecified atom stereocenters. The number of aliphatic hydroxyl groups excluding tert-OH is 1. The third-order valence-electron chi connectivity index (χ3n) is 3.95. The maximum atomic E-state index is 12.4. The van der Waals surface area contributed by atoms with Gasteiger partial charge in [-0.15, -0.1) is 0 Å². The lowest BCUT2D eigenvalue weighted by Crippen LogP contribution is -2.52. The van der Waals surface area contributed by atoms with Gasteiger partial charge in [-0.05, 0) is 19.9 Å². The molecule has 2 atom stereocenters. The van der Waals surface area contributed by atoms with Gasteiger partial charge in [-0.3, -0.25) is 14.4 Å². The summed E-state index contributed by atoms with van der Waals surface area (Å²) >= 11 is 0. The Hall–Kier alpha value is -1.44. The fourth-order valence-corrected chi connectivity index (χ4v) is 2.64. The second-order valence-corrected chi connectivity index (χ2v) is 5.60. The molecule has 1 amide bonds. The van der Waals surface area contributed by atoms with Gasteiger partial charge in [0.05, 0.1) is 12.7 Å². The summed E-state index contributed by atoms with van der Waals surface area (Å²) in [5.74, 6) is 0.0956. The van der Waals surface area contributed by atoms with Crippen molar-refractivity contribution in [1.82, 2.24) is 19.6 Å². The van der Waals surface area contributed by atoms with Crippen molar-refractivity contribution in [3.63, 3.8) is 0 Å². The number of amides is 1. The highest BCUT2D eigenvalue weighted by atomic mass is 16.5. The first-order chi connectivity index (χ1) is 10.6. The second kappa shape index (κ2) is 8.26. The molecule has 7 heteroatoms. The number of aliphatic hydroxyl groups is 1. The Morgan fingerprint density at radius 1 is 1.36 bits per heavy atom. The highest BCUT2D eigenvalue weighted by molar-refractivity contribution is 5.80. The zero-order valence-electron chi connectivity index (χ0n) is 13.4. The topological polar surface area (TPSA) is 70.8 Å². The van der Waals surface area contributed by atoms with Crippen LogP contribution < -0.4 is 0 Å². The minimum atomic E-state index is -0.467. The van der Waals surface area contributed by atoms with E-state index in [2.05, 4.69) is 10.00 Å². The number of β-amino-alcohol motifs (C(OH)–C–C–N with tert-alkyl or cyclic N) is 1. The van der Waals surface area contributed by atoms with Crippen LogP contribution in [0, 0.1) is 0 Å².